The van der Waals surface area contributed by atoms with Gasteiger partial charge in [-0.15, -0.1) is 0 Å². The van der Waals surface area contributed by atoms with Crippen molar-refractivity contribution in [3.63, 3.8) is 0 Å². The van der Waals surface area contributed by atoms with Crippen LogP contribution in [0.1, 0.15) is 38.1 Å². The second-order valence-electron chi connectivity index (χ2n) is 4.91. The van der Waals surface area contributed by atoms with Crippen LogP contribution in [0.15, 0.2) is 30.5 Å². The maximum atomic E-state index is 5.41. The van der Waals surface area contributed by atoms with Crippen molar-refractivity contribution in [2.45, 2.75) is 38.1 Å². The Morgan fingerprint density at radius 3 is 2.71 bits per heavy atom. The summed E-state index contributed by atoms with van der Waals surface area (Å²) in [5.74, 6) is 0.983. The molecule has 2 nitrogen and oxygen atoms in total. The van der Waals surface area contributed by atoms with Gasteiger partial charge in [-0.05, 0) is 31.0 Å². The number of aromatic nitrogens is 1. The molecule has 1 heterocycles. The van der Waals surface area contributed by atoms with Crippen molar-refractivity contribution in [2.75, 3.05) is 7.11 Å². The van der Waals surface area contributed by atoms with Gasteiger partial charge >= 0.3 is 0 Å². The second-order valence-corrected chi connectivity index (χ2v) is 4.91. The number of ether oxygens (including phenoxy) is 1. The Kier molecular flexibility index (Phi) is 2.79. The summed E-state index contributed by atoms with van der Waals surface area (Å²) in [4.78, 5) is 0. The lowest BCUT2D eigenvalue weighted by molar-refractivity contribution is 0.361. The van der Waals surface area contributed by atoms with E-state index in [4.69, 9.17) is 4.74 Å². The molecule has 0 unspecified atom stereocenters. The highest BCUT2D eigenvalue weighted by atomic mass is 16.5. The van der Waals surface area contributed by atoms with Crippen LogP contribution in [0.25, 0.3) is 10.9 Å². The van der Waals surface area contributed by atoms with Gasteiger partial charge in [0.1, 0.15) is 5.75 Å². The van der Waals surface area contributed by atoms with Gasteiger partial charge in [-0.1, -0.05) is 25.3 Å². The molecule has 1 aliphatic carbocycles. The fourth-order valence-corrected chi connectivity index (χ4v) is 3.02. The number of nitrogens with zero attached hydrogens (tertiary/aromatic N) is 1. The number of hydrogen-bond acceptors (Lipinski definition) is 1. The van der Waals surface area contributed by atoms with Crippen LogP contribution in [0.5, 0.6) is 5.75 Å². The first-order valence-corrected chi connectivity index (χ1v) is 6.53. The minimum atomic E-state index is 0.688. The molecule has 0 radical (unpaired) electrons. The van der Waals surface area contributed by atoms with Crippen molar-refractivity contribution >= 4 is 10.9 Å². The van der Waals surface area contributed by atoms with E-state index in [2.05, 4.69) is 29.0 Å². The van der Waals surface area contributed by atoms with Crippen molar-refractivity contribution in [3.05, 3.63) is 30.5 Å². The summed E-state index contributed by atoms with van der Waals surface area (Å²) in [6.45, 7) is 0. The van der Waals surface area contributed by atoms with Crippen molar-refractivity contribution in [1.82, 2.24) is 4.57 Å². The SMILES string of the molecule is COc1cccc2c1ccn2C1CCCCC1. The topological polar surface area (TPSA) is 14.2 Å². The normalized spacial score (nSPS) is 17.5. The van der Waals surface area contributed by atoms with Gasteiger partial charge in [-0.3, -0.25) is 0 Å². The number of benzene rings is 1. The van der Waals surface area contributed by atoms with Crippen LogP contribution in [-0.2, 0) is 0 Å². The standard InChI is InChI=1S/C15H19NO/c1-17-15-9-5-8-14-13(15)10-11-16(14)12-6-3-2-4-7-12/h5,8-12H,2-4,6-7H2,1H3. The number of hydrogen-bond donors (Lipinski definition) is 0. The largest absolute Gasteiger partial charge is 0.496 e. The van der Waals surface area contributed by atoms with Crippen molar-refractivity contribution in [1.29, 1.82) is 0 Å². The first-order chi connectivity index (χ1) is 8.40. The number of fused-ring (bicyclic) bond motifs is 1. The molecule has 0 amide bonds. The van der Waals surface area contributed by atoms with E-state index in [1.54, 1.807) is 7.11 Å². The molecule has 0 bridgehead atoms. The zero-order chi connectivity index (χ0) is 11.7. The summed E-state index contributed by atoms with van der Waals surface area (Å²) < 4.78 is 7.86. The monoisotopic (exact) mass is 229 g/mol. The van der Waals surface area contributed by atoms with E-state index in [1.807, 2.05) is 6.07 Å². The van der Waals surface area contributed by atoms with Gasteiger partial charge in [0, 0.05) is 17.6 Å². The molecule has 1 aromatic carbocycles. The second kappa shape index (κ2) is 4.44. The molecule has 1 saturated carbocycles. The average Bonchev–Trinajstić information content (AvgIpc) is 2.83. The maximum Gasteiger partial charge on any atom is 0.128 e. The molecule has 0 spiro atoms. The molecular weight excluding hydrogens is 210 g/mol. The number of rotatable bonds is 2. The number of methoxy groups -OCH3 is 1. The summed E-state index contributed by atoms with van der Waals surface area (Å²) in [6.07, 6.45) is 9.01. The average molecular weight is 229 g/mol. The Labute approximate surface area is 102 Å². The van der Waals surface area contributed by atoms with E-state index in [9.17, 15) is 0 Å². The van der Waals surface area contributed by atoms with Crippen LogP contribution in [0.3, 0.4) is 0 Å². The highest BCUT2D eigenvalue weighted by molar-refractivity contribution is 5.86. The Morgan fingerprint density at radius 1 is 1.12 bits per heavy atom. The van der Waals surface area contributed by atoms with Gasteiger partial charge in [-0.25, -0.2) is 0 Å². The summed E-state index contributed by atoms with van der Waals surface area (Å²) in [5.41, 5.74) is 1.32. The molecule has 2 heteroatoms. The lowest BCUT2D eigenvalue weighted by Gasteiger charge is -2.24. The molecule has 1 fully saturated rings. The van der Waals surface area contributed by atoms with Gasteiger partial charge in [0.25, 0.3) is 0 Å². The Balaban J connectivity index is 2.05. The Hall–Kier alpha value is -1.44. The van der Waals surface area contributed by atoms with E-state index in [0.717, 1.165) is 5.75 Å². The predicted octanol–water partition coefficient (Wildman–Crippen LogP) is 4.16. The van der Waals surface area contributed by atoms with Gasteiger partial charge in [0.15, 0.2) is 0 Å². The van der Waals surface area contributed by atoms with E-state index < -0.39 is 0 Å². The molecule has 90 valence electrons. The third-order valence-corrected chi connectivity index (χ3v) is 3.91. The van der Waals surface area contributed by atoms with Crippen LogP contribution in [0.2, 0.25) is 0 Å². The van der Waals surface area contributed by atoms with Crippen LogP contribution in [0, 0.1) is 0 Å². The third-order valence-electron chi connectivity index (χ3n) is 3.91. The molecule has 0 saturated heterocycles. The van der Waals surface area contributed by atoms with Gasteiger partial charge in [0.2, 0.25) is 0 Å². The predicted molar refractivity (Wildman–Crippen MR) is 70.6 cm³/mol. The van der Waals surface area contributed by atoms with Crippen LogP contribution in [0.4, 0.5) is 0 Å². The zero-order valence-corrected chi connectivity index (χ0v) is 10.4. The van der Waals surface area contributed by atoms with Crippen LogP contribution in [-0.4, -0.2) is 11.7 Å². The van der Waals surface area contributed by atoms with E-state index in [1.165, 1.54) is 43.0 Å². The molecule has 2 aromatic rings. The molecule has 17 heavy (non-hydrogen) atoms. The Morgan fingerprint density at radius 2 is 1.94 bits per heavy atom. The van der Waals surface area contributed by atoms with Gasteiger partial charge in [-0.2, -0.15) is 0 Å². The highest BCUT2D eigenvalue weighted by Gasteiger charge is 2.17. The van der Waals surface area contributed by atoms with E-state index in [0.29, 0.717) is 6.04 Å². The molecule has 0 atom stereocenters. The van der Waals surface area contributed by atoms with Crippen molar-refractivity contribution in [2.24, 2.45) is 0 Å². The summed E-state index contributed by atoms with van der Waals surface area (Å²) >= 11 is 0. The lowest BCUT2D eigenvalue weighted by atomic mass is 9.95. The molecule has 0 N–H and O–H groups in total. The first kappa shape index (κ1) is 10.7. The minimum absolute atomic E-state index is 0.688. The summed E-state index contributed by atoms with van der Waals surface area (Å²) in [6, 6.07) is 9.19. The van der Waals surface area contributed by atoms with Crippen molar-refractivity contribution in [3.8, 4) is 5.75 Å². The fourth-order valence-electron chi connectivity index (χ4n) is 3.02. The maximum absolute atomic E-state index is 5.41. The van der Waals surface area contributed by atoms with E-state index in [-0.39, 0.29) is 0 Å². The molecule has 1 aromatic heterocycles. The van der Waals surface area contributed by atoms with Crippen LogP contribution >= 0.6 is 0 Å². The highest BCUT2D eigenvalue weighted by Crippen LogP contribution is 2.34. The van der Waals surface area contributed by atoms with Gasteiger partial charge in [0.05, 0.1) is 12.6 Å². The summed E-state index contributed by atoms with van der Waals surface area (Å²) in [7, 11) is 1.74. The summed E-state index contributed by atoms with van der Waals surface area (Å²) in [5, 5.41) is 1.24. The zero-order valence-electron chi connectivity index (χ0n) is 10.4. The van der Waals surface area contributed by atoms with Crippen LogP contribution < -0.4 is 4.74 Å². The molecule has 3 rings (SSSR count). The smallest absolute Gasteiger partial charge is 0.128 e. The lowest BCUT2D eigenvalue weighted by Crippen LogP contribution is -2.11. The fraction of sp³-hybridized carbons (Fsp3) is 0.467. The van der Waals surface area contributed by atoms with Gasteiger partial charge < -0.3 is 9.30 Å². The quantitative estimate of drug-likeness (QED) is 0.754. The van der Waals surface area contributed by atoms with E-state index >= 15 is 0 Å². The molecule has 1 aliphatic rings. The minimum Gasteiger partial charge on any atom is -0.496 e. The first-order valence-electron chi connectivity index (χ1n) is 6.53. The molecule has 0 aliphatic heterocycles. The molecular formula is C15H19NO. The Bertz CT molecular complexity index is 509. The third kappa shape index (κ3) is 1.82. The van der Waals surface area contributed by atoms with Crippen molar-refractivity contribution < 1.29 is 4.74 Å².